The lowest BCUT2D eigenvalue weighted by atomic mass is 10.2. The van der Waals surface area contributed by atoms with Crippen LogP contribution in [0.5, 0.6) is 0 Å². The van der Waals surface area contributed by atoms with Crippen LogP contribution >= 0.6 is 23.2 Å². The molecule has 0 atom stereocenters. The molecule has 0 spiro atoms. The van der Waals surface area contributed by atoms with Gasteiger partial charge >= 0.3 is 6.03 Å². The Kier molecular flexibility index (Phi) is 7.68. The minimum Gasteiger partial charge on any atom is -0.338 e. The third-order valence-corrected chi connectivity index (χ3v) is 4.52. The summed E-state index contributed by atoms with van der Waals surface area (Å²) < 4.78 is 0. The molecule has 7 nitrogen and oxygen atoms in total. The van der Waals surface area contributed by atoms with Crippen molar-refractivity contribution in [2.45, 2.75) is 13.3 Å². The topological polar surface area (TPSA) is 81.8 Å². The minimum atomic E-state index is -0.483. The van der Waals surface area contributed by atoms with Crippen molar-refractivity contribution in [2.24, 2.45) is 0 Å². The van der Waals surface area contributed by atoms with Crippen LogP contribution in [0.4, 0.5) is 4.79 Å². The summed E-state index contributed by atoms with van der Waals surface area (Å²) in [5.74, 6) is -0.520. The predicted molar refractivity (Wildman–Crippen MR) is 101 cm³/mol. The van der Waals surface area contributed by atoms with E-state index in [1.807, 2.05) is 11.8 Å². The predicted octanol–water partition coefficient (Wildman–Crippen LogP) is 1.99. The number of imide groups is 1. The third kappa shape index (κ3) is 5.86. The molecule has 0 radical (unpaired) electrons. The molecule has 0 aromatic heterocycles. The third-order valence-electron chi connectivity index (χ3n) is 3.98. The fourth-order valence-corrected chi connectivity index (χ4v) is 3.08. The van der Waals surface area contributed by atoms with Gasteiger partial charge in [0, 0.05) is 37.7 Å². The fraction of sp³-hybridized carbons (Fsp3) is 0.471. The van der Waals surface area contributed by atoms with Gasteiger partial charge in [-0.05, 0) is 24.6 Å². The van der Waals surface area contributed by atoms with Gasteiger partial charge in [-0.1, -0.05) is 30.1 Å². The molecule has 0 saturated carbocycles. The molecule has 4 amide bonds. The van der Waals surface area contributed by atoms with Crippen molar-refractivity contribution in [3.05, 3.63) is 33.8 Å². The Morgan fingerprint density at radius 1 is 1.12 bits per heavy atom. The molecule has 0 aliphatic carbocycles. The van der Waals surface area contributed by atoms with Crippen molar-refractivity contribution in [2.75, 3.05) is 39.3 Å². The van der Waals surface area contributed by atoms with Crippen LogP contribution in [0.1, 0.15) is 23.7 Å². The Morgan fingerprint density at radius 3 is 2.42 bits per heavy atom. The maximum absolute atomic E-state index is 12.6. The number of nitrogens with zero attached hydrogens (tertiary/aromatic N) is 2. The molecule has 1 heterocycles. The van der Waals surface area contributed by atoms with E-state index in [2.05, 4.69) is 10.6 Å². The standard InChI is InChI=1S/C17H22Cl2N4O3/c1-2-5-20-17(26)21-15(24)11-22-6-8-23(9-7-22)16(25)13-4-3-12(18)10-14(13)19/h3-4,10H,2,5-9,11H2,1H3,(H2,20,21,24,26). The zero-order chi connectivity index (χ0) is 19.1. The maximum atomic E-state index is 12.6. The van der Waals surface area contributed by atoms with Crippen molar-refractivity contribution in [1.29, 1.82) is 0 Å². The molecule has 1 fully saturated rings. The van der Waals surface area contributed by atoms with E-state index in [0.29, 0.717) is 48.3 Å². The second-order valence-electron chi connectivity index (χ2n) is 6.00. The first kappa shape index (κ1) is 20.5. The molecule has 0 unspecified atom stereocenters. The summed E-state index contributed by atoms with van der Waals surface area (Å²) in [6.45, 7) is 4.61. The number of hydrogen-bond acceptors (Lipinski definition) is 4. The molecule has 2 N–H and O–H groups in total. The van der Waals surface area contributed by atoms with Crippen LogP contribution in [-0.2, 0) is 4.79 Å². The highest BCUT2D eigenvalue weighted by atomic mass is 35.5. The van der Waals surface area contributed by atoms with Gasteiger partial charge in [0.1, 0.15) is 0 Å². The lowest BCUT2D eigenvalue weighted by Gasteiger charge is -2.34. The highest BCUT2D eigenvalue weighted by molar-refractivity contribution is 6.36. The van der Waals surface area contributed by atoms with Gasteiger partial charge in [0.15, 0.2) is 0 Å². The molecule has 1 saturated heterocycles. The number of amides is 4. The van der Waals surface area contributed by atoms with Crippen LogP contribution in [0, 0.1) is 0 Å². The zero-order valence-corrected chi connectivity index (χ0v) is 16.1. The number of nitrogens with one attached hydrogen (secondary N) is 2. The molecule has 0 bridgehead atoms. The molecule has 9 heteroatoms. The van der Waals surface area contributed by atoms with Gasteiger partial charge in [0.25, 0.3) is 5.91 Å². The number of carbonyl (C=O) groups is 3. The van der Waals surface area contributed by atoms with Crippen LogP contribution in [0.3, 0.4) is 0 Å². The molecule has 1 aromatic carbocycles. The van der Waals surface area contributed by atoms with Gasteiger partial charge in [0.2, 0.25) is 5.91 Å². The molecule has 2 rings (SSSR count). The molecular formula is C17H22Cl2N4O3. The van der Waals surface area contributed by atoms with Crippen molar-refractivity contribution >= 4 is 41.0 Å². The number of rotatable bonds is 5. The first-order valence-corrected chi connectivity index (χ1v) is 9.20. The number of piperazine rings is 1. The molecular weight excluding hydrogens is 379 g/mol. The highest BCUT2D eigenvalue weighted by Gasteiger charge is 2.24. The molecule has 1 aromatic rings. The van der Waals surface area contributed by atoms with Gasteiger partial charge in [-0.15, -0.1) is 0 Å². The van der Waals surface area contributed by atoms with E-state index in [9.17, 15) is 14.4 Å². The summed E-state index contributed by atoms with van der Waals surface area (Å²) in [4.78, 5) is 39.5. The zero-order valence-electron chi connectivity index (χ0n) is 14.6. The Balaban J connectivity index is 1.80. The minimum absolute atomic E-state index is 0.114. The van der Waals surface area contributed by atoms with E-state index in [0.717, 1.165) is 6.42 Å². The number of carbonyl (C=O) groups excluding carboxylic acids is 3. The molecule has 142 valence electrons. The van der Waals surface area contributed by atoms with E-state index in [1.165, 1.54) is 0 Å². The second kappa shape index (κ2) is 9.75. The fourth-order valence-electron chi connectivity index (χ4n) is 2.59. The lowest BCUT2D eigenvalue weighted by molar-refractivity contribution is -0.121. The smallest absolute Gasteiger partial charge is 0.321 e. The summed E-state index contributed by atoms with van der Waals surface area (Å²) in [6.07, 6.45) is 0.801. The first-order valence-electron chi connectivity index (χ1n) is 8.45. The molecule has 1 aliphatic heterocycles. The normalized spacial score (nSPS) is 14.8. The summed E-state index contributed by atoms with van der Waals surface area (Å²) in [5.41, 5.74) is 0.412. The average Bonchev–Trinajstić information content (AvgIpc) is 2.60. The Labute approximate surface area is 162 Å². The highest BCUT2D eigenvalue weighted by Crippen LogP contribution is 2.22. The Bertz CT molecular complexity index is 676. The SMILES string of the molecule is CCCNC(=O)NC(=O)CN1CCN(C(=O)c2ccc(Cl)cc2Cl)CC1. The molecule has 1 aliphatic rings. The van der Waals surface area contributed by atoms with Crippen molar-refractivity contribution in [3.8, 4) is 0 Å². The maximum Gasteiger partial charge on any atom is 0.321 e. The Hall–Kier alpha value is -1.83. The number of benzene rings is 1. The number of halogens is 2. The van der Waals surface area contributed by atoms with Crippen LogP contribution in [0.25, 0.3) is 0 Å². The number of hydrogen-bond donors (Lipinski definition) is 2. The summed E-state index contributed by atoms with van der Waals surface area (Å²) in [6, 6.07) is 4.30. The summed E-state index contributed by atoms with van der Waals surface area (Å²) in [5, 5.41) is 5.68. The van der Waals surface area contributed by atoms with Gasteiger partial charge < -0.3 is 10.2 Å². The molecule has 26 heavy (non-hydrogen) atoms. The number of urea groups is 1. The van der Waals surface area contributed by atoms with Gasteiger partial charge in [-0.2, -0.15) is 0 Å². The van der Waals surface area contributed by atoms with E-state index >= 15 is 0 Å². The Morgan fingerprint density at radius 2 is 1.81 bits per heavy atom. The van der Waals surface area contributed by atoms with E-state index in [4.69, 9.17) is 23.2 Å². The monoisotopic (exact) mass is 400 g/mol. The average molecular weight is 401 g/mol. The quantitative estimate of drug-likeness (QED) is 0.791. The van der Waals surface area contributed by atoms with E-state index in [-0.39, 0.29) is 18.4 Å². The van der Waals surface area contributed by atoms with E-state index < -0.39 is 6.03 Å². The van der Waals surface area contributed by atoms with Crippen LogP contribution < -0.4 is 10.6 Å². The summed E-state index contributed by atoms with van der Waals surface area (Å²) >= 11 is 11.9. The van der Waals surface area contributed by atoms with Gasteiger partial charge in [-0.25, -0.2) is 4.79 Å². The second-order valence-corrected chi connectivity index (χ2v) is 6.84. The van der Waals surface area contributed by atoms with Crippen LogP contribution in [0.2, 0.25) is 10.0 Å². The van der Waals surface area contributed by atoms with Gasteiger partial charge in [0.05, 0.1) is 17.1 Å². The van der Waals surface area contributed by atoms with Crippen molar-refractivity contribution < 1.29 is 14.4 Å². The largest absolute Gasteiger partial charge is 0.338 e. The van der Waals surface area contributed by atoms with Crippen molar-refractivity contribution in [1.82, 2.24) is 20.4 Å². The van der Waals surface area contributed by atoms with E-state index in [1.54, 1.807) is 23.1 Å². The summed E-state index contributed by atoms with van der Waals surface area (Å²) in [7, 11) is 0. The lowest BCUT2D eigenvalue weighted by Crippen LogP contribution is -2.52. The van der Waals surface area contributed by atoms with Crippen molar-refractivity contribution in [3.63, 3.8) is 0 Å². The van der Waals surface area contributed by atoms with Gasteiger partial charge in [-0.3, -0.25) is 19.8 Å². The van der Waals surface area contributed by atoms with Crippen LogP contribution in [-0.4, -0.2) is 66.9 Å². The first-order chi connectivity index (χ1) is 12.4. The van der Waals surface area contributed by atoms with Crippen LogP contribution in [0.15, 0.2) is 18.2 Å².